The van der Waals surface area contributed by atoms with Crippen LogP contribution in [0.1, 0.15) is 37.7 Å². The van der Waals surface area contributed by atoms with Gasteiger partial charge in [-0.1, -0.05) is 12.8 Å². The molecule has 1 amide bonds. The Hall–Kier alpha value is -1.55. The Balaban J connectivity index is 1.54. The average Bonchev–Trinajstić information content (AvgIpc) is 3.00. The van der Waals surface area contributed by atoms with Crippen LogP contribution in [-0.4, -0.2) is 25.5 Å². The van der Waals surface area contributed by atoms with Gasteiger partial charge in [0.25, 0.3) is 0 Å². The van der Waals surface area contributed by atoms with Gasteiger partial charge in [0.2, 0.25) is 5.91 Å². The normalized spacial score (nSPS) is 30.1. The number of rotatable bonds is 2. The van der Waals surface area contributed by atoms with Crippen LogP contribution in [0.4, 0.5) is 11.4 Å². The van der Waals surface area contributed by atoms with Crippen molar-refractivity contribution in [3.05, 3.63) is 23.8 Å². The van der Waals surface area contributed by atoms with E-state index in [2.05, 4.69) is 28.1 Å². The number of anilines is 2. The highest BCUT2D eigenvalue weighted by Gasteiger charge is 2.49. The van der Waals surface area contributed by atoms with E-state index >= 15 is 0 Å². The SMILES string of the molecule is O=C(Nc1ccc2c(c1)CCCN2)[C@@]12CCCC[C@H]1CNC2. The van der Waals surface area contributed by atoms with Crippen LogP contribution >= 0.6 is 0 Å². The van der Waals surface area contributed by atoms with Gasteiger partial charge in [-0.05, 0) is 61.9 Å². The standard InChI is InChI=1S/C18H25N3O/c22-17(18-8-2-1-5-14(18)11-19-12-18)21-15-6-7-16-13(10-15)4-3-9-20-16/h6-7,10,14,19-20H,1-5,8-9,11-12H2,(H,21,22)/t14-,18+/m0/s1. The molecule has 3 aliphatic rings. The van der Waals surface area contributed by atoms with Gasteiger partial charge < -0.3 is 16.0 Å². The summed E-state index contributed by atoms with van der Waals surface area (Å²) in [6.07, 6.45) is 6.94. The molecule has 4 rings (SSSR count). The Morgan fingerprint density at radius 2 is 2.23 bits per heavy atom. The van der Waals surface area contributed by atoms with Gasteiger partial charge in [-0.15, -0.1) is 0 Å². The predicted molar refractivity (Wildman–Crippen MR) is 89.1 cm³/mol. The summed E-state index contributed by atoms with van der Waals surface area (Å²) in [6, 6.07) is 6.29. The molecule has 3 N–H and O–H groups in total. The Morgan fingerprint density at radius 1 is 1.27 bits per heavy atom. The van der Waals surface area contributed by atoms with E-state index in [1.54, 1.807) is 0 Å². The first-order valence-corrected chi connectivity index (χ1v) is 8.67. The van der Waals surface area contributed by atoms with Crippen LogP contribution in [0.15, 0.2) is 18.2 Å². The summed E-state index contributed by atoms with van der Waals surface area (Å²) in [4.78, 5) is 13.0. The van der Waals surface area contributed by atoms with Gasteiger partial charge in [-0.3, -0.25) is 4.79 Å². The van der Waals surface area contributed by atoms with Crippen molar-refractivity contribution >= 4 is 17.3 Å². The number of fused-ring (bicyclic) bond motifs is 2. The van der Waals surface area contributed by atoms with E-state index in [1.165, 1.54) is 36.9 Å². The number of benzene rings is 1. The number of hydrogen-bond donors (Lipinski definition) is 3. The van der Waals surface area contributed by atoms with Crippen molar-refractivity contribution < 1.29 is 4.79 Å². The summed E-state index contributed by atoms with van der Waals surface area (Å²) >= 11 is 0. The minimum Gasteiger partial charge on any atom is -0.385 e. The van der Waals surface area contributed by atoms with E-state index in [-0.39, 0.29) is 11.3 Å². The third-order valence-corrected chi connectivity index (χ3v) is 5.79. The molecule has 1 aromatic carbocycles. The van der Waals surface area contributed by atoms with Crippen LogP contribution in [0.5, 0.6) is 0 Å². The molecule has 1 aromatic rings. The van der Waals surface area contributed by atoms with Crippen molar-refractivity contribution in [3.8, 4) is 0 Å². The molecule has 22 heavy (non-hydrogen) atoms. The fraction of sp³-hybridized carbons (Fsp3) is 0.611. The highest BCUT2D eigenvalue weighted by Crippen LogP contribution is 2.44. The second kappa shape index (κ2) is 5.58. The van der Waals surface area contributed by atoms with Crippen LogP contribution in [0.25, 0.3) is 0 Å². The van der Waals surface area contributed by atoms with E-state index in [1.807, 2.05) is 6.07 Å². The van der Waals surface area contributed by atoms with Crippen LogP contribution in [0, 0.1) is 11.3 Å². The number of carbonyl (C=O) groups excluding carboxylic acids is 1. The first kappa shape index (κ1) is 14.1. The van der Waals surface area contributed by atoms with E-state index in [0.29, 0.717) is 5.92 Å². The van der Waals surface area contributed by atoms with Gasteiger partial charge in [0.15, 0.2) is 0 Å². The first-order chi connectivity index (χ1) is 10.8. The van der Waals surface area contributed by atoms with Crippen molar-refractivity contribution in [3.63, 3.8) is 0 Å². The fourth-order valence-corrected chi connectivity index (χ4v) is 4.50. The lowest BCUT2D eigenvalue weighted by Gasteiger charge is -2.37. The van der Waals surface area contributed by atoms with Gasteiger partial charge in [0.1, 0.15) is 0 Å². The maximum absolute atomic E-state index is 13.0. The lowest BCUT2D eigenvalue weighted by atomic mass is 9.67. The molecule has 0 radical (unpaired) electrons. The van der Waals surface area contributed by atoms with Gasteiger partial charge in [0.05, 0.1) is 5.41 Å². The lowest BCUT2D eigenvalue weighted by molar-refractivity contribution is -0.128. The van der Waals surface area contributed by atoms with Gasteiger partial charge >= 0.3 is 0 Å². The van der Waals surface area contributed by atoms with E-state index < -0.39 is 0 Å². The van der Waals surface area contributed by atoms with Gasteiger partial charge in [0, 0.05) is 24.5 Å². The molecule has 0 spiro atoms. The van der Waals surface area contributed by atoms with E-state index in [9.17, 15) is 4.79 Å². The second-order valence-corrected chi connectivity index (χ2v) is 7.09. The average molecular weight is 299 g/mol. The number of carbonyl (C=O) groups is 1. The molecule has 118 valence electrons. The maximum atomic E-state index is 13.0. The van der Waals surface area contributed by atoms with E-state index in [0.717, 1.165) is 38.2 Å². The molecule has 0 aromatic heterocycles. The Labute approximate surface area is 132 Å². The Kier molecular flexibility index (Phi) is 3.57. The third kappa shape index (κ3) is 2.30. The first-order valence-electron chi connectivity index (χ1n) is 8.67. The van der Waals surface area contributed by atoms with E-state index in [4.69, 9.17) is 0 Å². The number of hydrogen-bond acceptors (Lipinski definition) is 3. The summed E-state index contributed by atoms with van der Waals surface area (Å²) in [5.74, 6) is 0.742. The molecule has 4 heteroatoms. The zero-order valence-corrected chi connectivity index (χ0v) is 13.1. The number of aryl methyl sites for hydroxylation is 1. The third-order valence-electron chi connectivity index (χ3n) is 5.79. The van der Waals surface area contributed by atoms with Crippen LogP contribution in [0.3, 0.4) is 0 Å². The largest absolute Gasteiger partial charge is 0.385 e. The van der Waals surface area contributed by atoms with Crippen LogP contribution < -0.4 is 16.0 Å². The second-order valence-electron chi connectivity index (χ2n) is 7.09. The monoisotopic (exact) mass is 299 g/mol. The molecule has 2 heterocycles. The van der Waals surface area contributed by atoms with Crippen molar-refractivity contribution in [2.75, 3.05) is 30.3 Å². The summed E-state index contributed by atoms with van der Waals surface area (Å²) < 4.78 is 0. The smallest absolute Gasteiger partial charge is 0.232 e. The molecule has 2 atom stereocenters. The fourth-order valence-electron chi connectivity index (χ4n) is 4.50. The molecule has 1 saturated carbocycles. The van der Waals surface area contributed by atoms with Crippen molar-refractivity contribution in [1.29, 1.82) is 0 Å². The molecular weight excluding hydrogens is 274 g/mol. The van der Waals surface area contributed by atoms with Gasteiger partial charge in [-0.2, -0.15) is 0 Å². The lowest BCUT2D eigenvalue weighted by Crippen LogP contribution is -2.44. The van der Waals surface area contributed by atoms with Crippen molar-refractivity contribution in [1.82, 2.24) is 5.32 Å². The number of nitrogens with one attached hydrogen (secondary N) is 3. The molecule has 2 aliphatic heterocycles. The van der Waals surface area contributed by atoms with Crippen molar-refractivity contribution in [2.45, 2.75) is 38.5 Å². The maximum Gasteiger partial charge on any atom is 0.232 e. The summed E-state index contributed by atoms with van der Waals surface area (Å²) in [5.41, 5.74) is 3.33. The van der Waals surface area contributed by atoms with Crippen LogP contribution in [-0.2, 0) is 11.2 Å². The summed E-state index contributed by atoms with van der Waals surface area (Å²) in [5, 5.41) is 10.1. The summed E-state index contributed by atoms with van der Waals surface area (Å²) in [7, 11) is 0. The minimum absolute atomic E-state index is 0.174. The molecule has 1 aliphatic carbocycles. The highest BCUT2D eigenvalue weighted by molar-refractivity contribution is 5.96. The molecule has 4 nitrogen and oxygen atoms in total. The molecule has 1 saturated heterocycles. The molecule has 2 fully saturated rings. The minimum atomic E-state index is -0.174. The number of amides is 1. The van der Waals surface area contributed by atoms with Crippen LogP contribution in [0.2, 0.25) is 0 Å². The highest BCUT2D eigenvalue weighted by atomic mass is 16.2. The quantitative estimate of drug-likeness (QED) is 0.787. The summed E-state index contributed by atoms with van der Waals surface area (Å²) in [6.45, 7) is 2.90. The molecule has 0 bridgehead atoms. The molecule has 0 unspecified atom stereocenters. The predicted octanol–water partition coefficient (Wildman–Crippen LogP) is 2.76. The Morgan fingerprint density at radius 3 is 3.18 bits per heavy atom. The molecular formula is C18H25N3O. The van der Waals surface area contributed by atoms with Crippen molar-refractivity contribution in [2.24, 2.45) is 11.3 Å². The zero-order valence-electron chi connectivity index (χ0n) is 13.1. The topological polar surface area (TPSA) is 53.2 Å². The van der Waals surface area contributed by atoms with Gasteiger partial charge in [-0.25, -0.2) is 0 Å². The zero-order chi connectivity index (χ0) is 15.0. The Bertz CT molecular complexity index is 586.